The van der Waals surface area contributed by atoms with E-state index in [-0.39, 0.29) is 17.1 Å². The number of nitrogens with two attached hydrogens (primary N) is 1. The van der Waals surface area contributed by atoms with Crippen LogP contribution in [0.25, 0.3) is 11.2 Å². The first-order valence-corrected chi connectivity index (χ1v) is 12.1. The summed E-state index contributed by atoms with van der Waals surface area (Å²) in [4.78, 5) is 4.35. The fraction of sp³-hybridized carbons (Fsp3) is 0.370. The standard InChI is InChI=1S/C27H30N6O/c28-23-17-22(24-25(30-23)32-33-31-24)21(19-7-3-1-4-8-19)11-16-29-26-12-14-27(15-13-26,34-18-26)20-9-5-2-6-10-20/h1-10,17,21,29H,11-16,18H2,(H3,28,30,31,32,33). The molecule has 1 aliphatic carbocycles. The van der Waals surface area contributed by atoms with Crippen LogP contribution in [-0.4, -0.2) is 39.1 Å². The van der Waals surface area contributed by atoms with Crippen LogP contribution >= 0.6 is 0 Å². The number of hydrogen-bond acceptors (Lipinski definition) is 6. The number of aromatic amines is 1. The minimum Gasteiger partial charge on any atom is -0.384 e. The summed E-state index contributed by atoms with van der Waals surface area (Å²) in [6.45, 7) is 1.64. The number of H-pyrrole nitrogens is 1. The molecule has 1 saturated carbocycles. The van der Waals surface area contributed by atoms with Crippen molar-refractivity contribution in [2.75, 3.05) is 18.9 Å². The monoisotopic (exact) mass is 454 g/mol. The Balaban J connectivity index is 1.20. The molecule has 2 aromatic carbocycles. The predicted octanol–water partition coefficient (Wildman–Crippen LogP) is 4.29. The van der Waals surface area contributed by atoms with Crippen LogP contribution in [0.15, 0.2) is 66.7 Å². The van der Waals surface area contributed by atoms with Crippen molar-refractivity contribution < 1.29 is 4.74 Å². The number of fused-ring (bicyclic) bond motifs is 4. The van der Waals surface area contributed by atoms with Gasteiger partial charge < -0.3 is 15.8 Å². The first-order chi connectivity index (χ1) is 16.7. The summed E-state index contributed by atoms with van der Waals surface area (Å²) >= 11 is 0. The topological polar surface area (TPSA) is 102 Å². The lowest BCUT2D eigenvalue weighted by Gasteiger charge is -2.54. The molecule has 1 unspecified atom stereocenters. The second-order valence-electron chi connectivity index (χ2n) is 9.75. The van der Waals surface area contributed by atoms with Gasteiger partial charge in [0.1, 0.15) is 11.3 Å². The summed E-state index contributed by atoms with van der Waals surface area (Å²) < 4.78 is 6.53. The Morgan fingerprint density at radius 2 is 1.74 bits per heavy atom. The highest BCUT2D eigenvalue weighted by atomic mass is 16.5. The zero-order chi connectivity index (χ0) is 23.0. The highest BCUT2D eigenvalue weighted by Gasteiger charge is 2.50. The van der Waals surface area contributed by atoms with Gasteiger partial charge in [0.15, 0.2) is 5.65 Å². The number of nitrogen functional groups attached to an aromatic ring is 1. The number of ether oxygens (including phenoxy) is 1. The Labute approximate surface area is 199 Å². The van der Waals surface area contributed by atoms with E-state index in [0.29, 0.717) is 11.5 Å². The summed E-state index contributed by atoms with van der Waals surface area (Å²) in [6.07, 6.45) is 5.31. The number of nitrogens with zero attached hydrogens (tertiary/aromatic N) is 3. The lowest BCUT2D eigenvalue weighted by atomic mass is 9.68. The summed E-state index contributed by atoms with van der Waals surface area (Å²) in [6, 6.07) is 23.2. The van der Waals surface area contributed by atoms with Crippen molar-refractivity contribution in [1.82, 2.24) is 25.7 Å². The van der Waals surface area contributed by atoms with Gasteiger partial charge in [-0.3, -0.25) is 0 Å². The number of aromatic nitrogens is 4. The fourth-order valence-corrected chi connectivity index (χ4v) is 5.86. The van der Waals surface area contributed by atoms with E-state index in [1.54, 1.807) is 0 Å². The molecule has 4 heterocycles. The second kappa shape index (κ2) is 8.49. The van der Waals surface area contributed by atoms with Crippen LogP contribution in [-0.2, 0) is 10.3 Å². The van der Waals surface area contributed by atoms with Crippen molar-refractivity contribution in [2.45, 2.75) is 49.2 Å². The van der Waals surface area contributed by atoms with Crippen molar-refractivity contribution in [2.24, 2.45) is 0 Å². The normalized spacial score (nSPS) is 24.9. The van der Waals surface area contributed by atoms with Crippen LogP contribution in [0.4, 0.5) is 5.82 Å². The minimum absolute atomic E-state index is 0.0538. The molecule has 0 spiro atoms. The molecule has 4 N–H and O–H groups in total. The molecule has 0 radical (unpaired) electrons. The van der Waals surface area contributed by atoms with Crippen LogP contribution in [0.2, 0.25) is 0 Å². The molecule has 2 saturated heterocycles. The van der Waals surface area contributed by atoms with Crippen LogP contribution in [0.1, 0.15) is 54.7 Å². The number of nitrogens with one attached hydrogen (secondary N) is 2. The van der Waals surface area contributed by atoms with Crippen molar-refractivity contribution in [3.8, 4) is 0 Å². The third-order valence-corrected chi connectivity index (χ3v) is 7.80. The van der Waals surface area contributed by atoms with Crippen molar-refractivity contribution in [3.63, 3.8) is 0 Å². The molecule has 2 bridgehead atoms. The molecule has 174 valence electrons. The Hall–Kier alpha value is -3.29. The minimum atomic E-state index is -0.107. The smallest absolute Gasteiger partial charge is 0.178 e. The third-order valence-electron chi connectivity index (χ3n) is 7.80. The van der Waals surface area contributed by atoms with Gasteiger partial charge in [0, 0.05) is 11.5 Å². The van der Waals surface area contributed by atoms with Crippen molar-refractivity contribution in [3.05, 3.63) is 83.4 Å². The number of benzene rings is 2. The summed E-state index contributed by atoms with van der Waals surface area (Å²) in [5.74, 6) is 0.616. The zero-order valence-corrected chi connectivity index (χ0v) is 19.2. The highest BCUT2D eigenvalue weighted by molar-refractivity contribution is 5.77. The van der Waals surface area contributed by atoms with Gasteiger partial charge in [-0.15, -0.1) is 5.10 Å². The van der Waals surface area contributed by atoms with E-state index in [9.17, 15) is 0 Å². The van der Waals surface area contributed by atoms with Crippen molar-refractivity contribution in [1.29, 1.82) is 0 Å². The molecule has 0 amide bonds. The van der Waals surface area contributed by atoms with Crippen molar-refractivity contribution >= 4 is 17.0 Å². The molecule has 7 nitrogen and oxygen atoms in total. The van der Waals surface area contributed by atoms with Crippen LogP contribution in [0.5, 0.6) is 0 Å². The fourth-order valence-electron chi connectivity index (χ4n) is 5.86. The summed E-state index contributed by atoms with van der Waals surface area (Å²) in [5.41, 5.74) is 11.1. The van der Waals surface area contributed by atoms with E-state index < -0.39 is 0 Å². The van der Waals surface area contributed by atoms with E-state index in [0.717, 1.165) is 56.3 Å². The Morgan fingerprint density at radius 1 is 1.00 bits per heavy atom. The average molecular weight is 455 g/mol. The first kappa shape index (κ1) is 21.3. The highest BCUT2D eigenvalue weighted by Crippen LogP contribution is 2.49. The maximum absolute atomic E-state index is 6.53. The molecule has 3 aliphatic rings. The second-order valence-corrected chi connectivity index (χ2v) is 9.75. The molecule has 4 aromatic rings. The Kier molecular flexibility index (Phi) is 5.31. The molecular formula is C27H30N6O. The van der Waals surface area contributed by atoms with Gasteiger partial charge in [-0.1, -0.05) is 65.9 Å². The van der Waals surface area contributed by atoms with Crippen LogP contribution < -0.4 is 11.1 Å². The molecule has 3 fully saturated rings. The number of hydrogen-bond donors (Lipinski definition) is 3. The number of anilines is 1. The SMILES string of the molecule is Nc1cc(C(CCNC23CCC(c4ccccc4)(CC2)OC3)c2ccccc2)c2nn[nH]c2n1. The maximum Gasteiger partial charge on any atom is 0.178 e. The average Bonchev–Trinajstić information content (AvgIpc) is 3.37. The van der Waals surface area contributed by atoms with Gasteiger partial charge in [0.25, 0.3) is 0 Å². The zero-order valence-electron chi connectivity index (χ0n) is 19.2. The summed E-state index contributed by atoms with van der Waals surface area (Å²) in [7, 11) is 0. The van der Waals surface area contributed by atoms with E-state index in [2.05, 4.69) is 80.3 Å². The van der Waals surface area contributed by atoms with Crippen LogP contribution in [0, 0.1) is 0 Å². The molecule has 2 aromatic heterocycles. The molecule has 2 aliphatic heterocycles. The van der Waals surface area contributed by atoms with Crippen LogP contribution in [0.3, 0.4) is 0 Å². The van der Waals surface area contributed by atoms with Gasteiger partial charge in [-0.25, -0.2) is 10.1 Å². The van der Waals surface area contributed by atoms with Gasteiger partial charge in [-0.2, -0.15) is 0 Å². The number of rotatable bonds is 7. The van der Waals surface area contributed by atoms with Gasteiger partial charge in [0.05, 0.1) is 12.2 Å². The predicted molar refractivity (Wildman–Crippen MR) is 132 cm³/mol. The lowest BCUT2D eigenvalue weighted by Crippen LogP contribution is -2.60. The largest absolute Gasteiger partial charge is 0.384 e. The van der Waals surface area contributed by atoms with E-state index >= 15 is 0 Å². The van der Waals surface area contributed by atoms with E-state index in [1.165, 1.54) is 11.1 Å². The first-order valence-electron chi connectivity index (χ1n) is 12.1. The summed E-state index contributed by atoms with van der Waals surface area (Å²) in [5, 5.41) is 15.1. The van der Waals surface area contributed by atoms with Gasteiger partial charge in [0.2, 0.25) is 0 Å². The Morgan fingerprint density at radius 3 is 2.44 bits per heavy atom. The molecule has 1 atom stereocenters. The third kappa shape index (κ3) is 3.75. The van der Waals surface area contributed by atoms with Gasteiger partial charge >= 0.3 is 0 Å². The quantitative estimate of drug-likeness (QED) is 0.385. The lowest BCUT2D eigenvalue weighted by molar-refractivity contribution is -0.168. The number of pyridine rings is 1. The van der Waals surface area contributed by atoms with E-state index in [4.69, 9.17) is 10.5 Å². The van der Waals surface area contributed by atoms with Gasteiger partial charge in [-0.05, 0) is 61.4 Å². The Bertz CT molecular complexity index is 1250. The molecule has 7 rings (SSSR count). The maximum atomic E-state index is 6.53. The molecule has 34 heavy (non-hydrogen) atoms. The van der Waals surface area contributed by atoms with E-state index in [1.807, 2.05) is 12.1 Å². The molecular weight excluding hydrogens is 424 g/mol. The molecule has 7 heteroatoms.